The van der Waals surface area contributed by atoms with Gasteiger partial charge in [0.1, 0.15) is 0 Å². The Labute approximate surface area is 68.3 Å². The zero-order valence-corrected chi connectivity index (χ0v) is 7.35. The molecule has 0 spiro atoms. The highest BCUT2D eigenvalue weighted by Gasteiger charge is 1.84. The van der Waals surface area contributed by atoms with E-state index in [2.05, 4.69) is 17.6 Å². The molecule has 0 heterocycles. The Bertz CT molecular complexity index is 63.5. The normalized spacial score (nSPS) is 10.4. The summed E-state index contributed by atoms with van der Waals surface area (Å²) in [5, 5.41) is 6.04. The van der Waals surface area contributed by atoms with Gasteiger partial charge in [0.15, 0.2) is 0 Å². The Balaban J connectivity index is 2.69. The van der Waals surface area contributed by atoms with Gasteiger partial charge in [-0.3, -0.25) is 10.6 Å². The summed E-state index contributed by atoms with van der Waals surface area (Å²) < 4.78 is 9.89. The molecule has 0 aromatic rings. The highest BCUT2D eigenvalue weighted by molar-refractivity contribution is 4.34. The molecule has 0 aliphatic heterocycles. The smallest absolute Gasteiger partial charge is 0.1000 e. The molecule has 0 unspecified atom stereocenters. The van der Waals surface area contributed by atoms with Crippen LogP contribution in [0.25, 0.3) is 0 Å². The van der Waals surface area contributed by atoms with E-state index in [1.807, 2.05) is 0 Å². The van der Waals surface area contributed by atoms with E-state index >= 15 is 0 Å². The molecule has 4 nitrogen and oxygen atoms in total. The quantitative estimate of drug-likeness (QED) is 0.393. The predicted molar refractivity (Wildman–Crippen MR) is 44.1 cm³/mol. The Morgan fingerprint density at radius 1 is 1.09 bits per heavy atom. The van der Waals surface area contributed by atoms with Gasteiger partial charge in [0.2, 0.25) is 0 Å². The third-order valence-electron chi connectivity index (χ3n) is 1.08. The lowest BCUT2D eigenvalue weighted by Crippen LogP contribution is -2.25. The molecular weight excluding hydrogens is 144 g/mol. The maximum atomic E-state index is 5.14. The van der Waals surface area contributed by atoms with Gasteiger partial charge >= 0.3 is 0 Å². The maximum Gasteiger partial charge on any atom is 0.1000 e. The molecule has 0 fully saturated rings. The van der Waals surface area contributed by atoms with E-state index in [0.29, 0.717) is 20.2 Å². The van der Waals surface area contributed by atoms with E-state index in [4.69, 9.17) is 9.47 Å². The second-order valence-corrected chi connectivity index (χ2v) is 2.18. The average molecular weight is 162 g/mol. The molecule has 0 aromatic carbocycles. The standard InChI is InChI=1S/C7H18N2O2/c1-3-4-8-6-11-7-9-5-10-2/h8-9H,3-7H2,1-2H3. The predicted octanol–water partition coefficient (Wildman–Crippen LogP) is 0.111. The molecule has 4 heteroatoms. The van der Waals surface area contributed by atoms with E-state index in [1.54, 1.807) is 7.11 Å². The van der Waals surface area contributed by atoms with Crippen molar-refractivity contribution in [3.63, 3.8) is 0 Å². The van der Waals surface area contributed by atoms with Crippen molar-refractivity contribution < 1.29 is 9.47 Å². The highest BCUT2D eigenvalue weighted by atomic mass is 16.5. The van der Waals surface area contributed by atoms with Crippen LogP contribution in [0.4, 0.5) is 0 Å². The summed E-state index contributed by atoms with van der Waals surface area (Å²) >= 11 is 0. The first-order chi connectivity index (χ1) is 5.41. The van der Waals surface area contributed by atoms with E-state index in [9.17, 15) is 0 Å². The minimum atomic E-state index is 0.532. The van der Waals surface area contributed by atoms with E-state index in [0.717, 1.165) is 13.0 Å². The number of nitrogens with one attached hydrogen (secondary N) is 2. The van der Waals surface area contributed by atoms with Gasteiger partial charge in [-0.2, -0.15) is 0 Å². The average Bonchev–Trinajstić information content (AvgIpc) is 2.03. The number of hydrogen-bond donors (Lipinski definition) is 2. The van der Waals surface area contributed by atoms with Crippen LogP contribution in [-0.4, -0.2) is 33.8 Å². The van der Waals surface area contributed by atoms with Crippen molar-refractivity contribution in [2.75, 3.05) is 33.8 Å². The monoisotopic (exact) mass is 162 g/mol. The second kappa shape index (κ2) is 9.84. The molecule has 68 valence electrons. The number of rotatable bonds is 8. The molecule has 0 saturated carbocycles. The molecule has 2 N–H and O–H groups in total. The SMILES string of the molecule is CCCNCOCNCOC. The van der Waals surface area contributed by atoms with E-state index in [-0.39, 0.29) is 0 Å². The second-order valence-electron chi connectivity index (χ2n) is 2.18. The lowest BCUT2D eigenvalue weighted by atomic mass is 10.5. The van der Waals surface area contributed by atoms with Crippen LogP contribution in [0.15, 0.2) is 0 Å². The fourth-order valence-corrected chi connectivity index (χ4v) is 0.588. The van der Waals surface area contributed by atoms with Crippen LogP contribution in [0.2, 0.25) is 0 Å². The highest BCUT2D eigenvalue weighted by Crippen LogP contribution is 1.71. The third kappa shape index (κ3) is 9.84. The zero-order chi connectivity index (χ0) is 8.36. The lowest BCUT2D eigenvalue weighted by Gasteiger charge is -2.05. The molecule has 0 bridgehead atoms. The summed E-state index contributed by atoms with van der Waals surface area (Å²) in [5.74, 6) is 0. The first-order valence-corrected chi connectivity index (χ1v) is 3.90. The summed E-state index contributed by atoms with van der Waals surface area (Å²) in [7, 11) is 1.64. The molecule has 0 radical (unpaired) electrons. The number of methoxy groups -OCH3 is 1. The van der Waals surface area contributed by atoms with Crippen LogP contribution < -0.4 is 10.6 Å². The van der Waals surface area contributed by atoms with Crippen molar-refractivity contribution >= 4 is 0 Å². The van der Waals surface area contributed by atoms with Crippen molar-refractivity contribution in [2.45, 2.75) is 13.3 Å². The lowest BCUT2D eigenvalue weighted by molar-refractivity contribution is 0.0689. The van der Waals surface area contributed by atoms with Gasteiger partial charge in [-0.15, -0.1) is 0 Å². The largest absolute Gasteiger partial charge is 0.369 e. The Morgan fingerprint density at radius 2 is 1.82 bits per heavy atom. The summed E-state index contributed by atoms with van der Waals surface area (Å²) in [5.41, 5.74) is 0. The van der Waals surface area contributed by atoms with Gasteiger partial charge in [0, 0.05) is 7.11 Å². The van der Waals surface area contributed by atoms with Crippen molar-refractivity contribution in [1.82, 2.24) is 10.6 Å². The fraction of sp³-hybridized carbons (Fsp3) is 1.00. The van der Waals surface area contributed by atoms with Crippen LogP contribution >= 0.6 is 0 Å². The molecule has 0 rings (SSSR count). The number of ether oxygens (including phenoxy) is 2. The van der Waals surface area contributed by atoms with Crippen LogP contribution in [-0.2, 0) is 9.47 Å². The molecule has 0 atom stereocenters. The molecule has 0 aromatic heterocycles. The van der Waals surface area contributed by atoms with Gasteiger partial charge < -0.3 is 9.47 Å². The van der Waals surface area contributed by atoms with Crippen molar-refractivity contribution in [2.24, 2.45) is 0 Å². The van der Waals surface area contributed by atoms with Gasteiger partial charge in [0.05, 0.1) is 20.2 Å². The van der Waals surface area contributed by atoms with Crippen molar-refractivity contribution in [1.29, 1.82) is 0 Å². The first-order valence-electron chi connectivity index (χ1n) is 3.90. The number of hydrogen-bond acceptors (Lipinski definition) is 4. The summed E-state index contributed by atoms with van der Waals surface area (Å²) in [6.45, 7) is 4.79. The molecule has 11 heavy (non-hydrogen) atoms. The van der Waals surface area contributed by atoms with E-state index < -0.39 is 0 Å². The van der Waals surface area contributed by atoms with Gasteiger partial charge in [-0.25, -0.2) is 0 Å². The topological polar surface area (TPSA) is 42.5 Å². The third-order valence-corrected chi connectivity index (χ3v) is 1.08. The van der Waals surface area contributed by atoms with Crippen LogP contribution in [0.1, 0.15) is 13.3 Å². The fourth-order valence-electron chi connectivity index (χ4n) is 0.588. The Morgan fingerprint density at radius 3 is 2.45 bits per heavy atom. The minimum Gasteiger partial charge on any atom is -0.369 e. The van der Waals surface area contributed by atoms with Gasteiger partial charge in [-0.05, 0) is 13.0 Å². The Kier molecular flexibility index (Phi) is 9.70. The van der Waals surface area contributed by atoms with Crippen LogP contribution in [0.5, 0.6) is 0 Å². The molecule has 0 aliphatic carbocycles. The summed E-state index contributed by atoms with van der Waals surface area (Å²) in [6, 6.07) is 0. The van der Waals surface area contributed by atoms with Crippen molar-refractivity contribution in [3.8, 4) is 0 Å². The van der Waals surface area contributed by atoms with Crippen molar-refractivity contribution in [3.05, 3.63) is 0 Å². The molecule has 0 saturated heterocycles. The van der Waals surface area contributed by atoms with Gasteiger partial charge in [0.25, 0.3) is 0 Å². The summed E-state index contributed by atoms with van der Waals surface area (Å²) in [4.78, 5) is 0. The Hall–Kier alpha value is -0.160. The zero-order valence-electron chi connectivity index (χ0n) is 7.35. The molecule has 0 amide bonds. The molecule has 0 aliphatic rings. The van der Waals surface area contributed by atoms with Crippen LogP contribution in [0.3, 0.4) is 0 Å². The first kappa shape index (κ1) is 10.8. The molecular formula is C7H18N2O2. The minimum absolute atomic E-state index is 0.532. The maximum absolute atomic E-state index is 5.14. The summed E-state index contributed by atoms with van der Waals surface area (Å²) in [6.07, 6.45) is 1.13. The van der Waals surface area contributed by atoms with Gasteiger partial charge in [-0.1, -0.05) is 6.92 Å². The van der Waals surface area contributed by atoms with Crippen LogP contribution in [0, 0.1) is 0 Å². The van der Waals surface area contributed by atoms with E-state index in [1.165, 1.54) is 0 Å².